The summed E-state index contributed by atoms with van der Waals surface area (Å²) in [5.74, 6) is 1.12. The number of aromatic nitrogens is 1. The Balaban J connectivity index is 1.61. The fourth-order valence-corrected chi connectivity index (χ4v) is 4.53. The van der Waals surface area contributed by atoms with Gasteiger partial charge in [-0.3, -0.25) is 0 Å². The van der Waals surface area contributed by atoms with Crippen LogP contribution in [0.1, 0.15) is 32.7 Å². The van der Waals surface area contributed by atoms with Crippen LogP contribution in [-0.4, -0.2) is 38.4 Å². The maximum atomic E-state index is 12.4. The van der Waals surface area contributed by atoms with E-state index in [1.807, 2.05) is 72.2 Å². The van der Waals surface area contributed by atoms with Gasteiger partial charge in [0.25, 0.3) is 0 Å². The fourth-order valence-electron chi connectivity index (χ4n) is 4.53. The van der Waals surface area contributed by atoms with E-state index in [4.69, 9.17) is 14.2 Å². The molecule has 0 aliphatic rings. The minimum absolute atomic E-state index is 0.192. The van der Waals surface area contributed by atoms with Crippen LogP contribution in [0.25, 0.3) is 10.9 Å². The van der Waals surface area contributed by atoms with Gasteiger partial charge in [-0.2, -0.15) is 0 Å². The highest BCUT2D eigenvalue weighted by molar-refractivity contribution is 5.97. The number of methoxy groups -OCH3 is 3. The van der Waals surface area contributed by atoms with Crippen LogP contribution in [0.15, 0.2) is 60.7 Å². The van der Waals surface area contributed by atoms with Crippen molar-refractivity contribution in [1.82, 2.24) is 9.88 Å². The van der Waals surface area contributed by atoms with E-state index in [-0.39, 0.29) is 5.69 Å². The van der Waals surface area contributed by atoms with Gasteiger partial charge in [0.05, 0.1) is 33.0 Å². The third-order valence-corrected chi connectivity index (χ3v) is 6.38. The van der Waals surface area contributed by atoms with E-state index in [0.29, 0.717) is 26.1 Å². The van der Waals surface area contributed by atoms with E-state index in [1.165, 1.54) is 0 Å². The van der Waals surface area contributed by atoms with Crippen LogP contribution in [0.3, 0.4) is 0 Å². The predicted octanol–water partition coefficient (Wildman–Crippen LogP) is 3.72. The summed E-state index contributed by atoms with van der Waals surface area (Å²) in [6.07, 6.45) is 0.699. The number of hydrogen-bond donors (Lipinski definition) is 1. The molecule has 0 aliphatic carbocycles. The molecule has 0 saturated carbocycles. The molecule has 0 saturated heterocycles. The number of nitrogens with one attached hydrogen (secondary N) is 1. The molecule has 0 radical (unpaired) electrons. The van der Waals surface area contributed by atoms with Gasteiger partial charge < -0.3 is 34.0 Å². The van der Waals surface area contributed by atoms with Gasteiger partial charge in [-0.05, 0) is 73.0 Å². The highest BCUT2D eigenvalue weighted by atomic mass is 16.5. The number of fused-ring (bicyclic) bond motifs is 1. The SMILES string of the molecule is COc1ccc(Cn2c(C(=O)[O-])c(CNCCc3cc(OC)ccc3OC)c3ccc(C)cc32)cc1. The van der Waals surface area contributed by atoms with Crippen molar-refractivity contribution in [3.63, 3.8) is 0 Å². The summed E-state index contributed by atoms with van der Waals surface area (Å²) in [6, 6.07) is 19.4. The maximum Gasteiger partial charge on any atom is 0.122 e. The average molecular weight is 488 g/mol. The molecule has 4 aromatic rings. The van der Waals surface area contributed by atoms with Crippen LogP contribution in [0.4, 0.5) is 0 Å². The number of aryl methyl sites for hydroxylation is 1. The van der Waals surface area contributed by atoms with Gasteiger partial charge in [-0.1, -0.05) is 24.3 Å². The summed E-state index contributed by atoms with van der Waals surface area (Å²) in [7, 11) is 4.90. The van der Waals surface area contributed by atoms with Crippen molar-refractivity contribution in [3.05, 3.63) is 88.6 Å². The third-order valence-electron chi connectivity index (χ3n) is 6.38. The summed E-state index contributed by atoms with van der Waals surface area (Å²) in [5.41, 5.74) is 4.83. The molecule has 7 heteroatoms. The average Bonchev–Trinajstić information content (AvgIpc) is 3.19. The van der Waals surface area contributed by atoms with Crippen molar-refractivity contribution in [2.75, 3.05) is 27.9 Å². The molecule has 4 rings (SSSR count). The van der Waals surface area contributed by atoms with Gasteiger partial charge in [-0.15, -0.1) is 0 Å². The molecular formula is C29H31N2O5-. The highest BCUT2D eigenvalue weighted by Crippen LogP contribution is 2.29. The summed E-state index contributed by atoms with van der Waals surface area (Å²) in [6.45, 7) is 3.44. The Hall–Kier alpha value is -3.97. The Morgan fingerprint density at radius 2 is 1.64 bits per heavy atom. The van der Waals surface area contributed by atoms with Crippen LogP contribution < -0.4 is 24.6 Å². The molecule has 3 aromatic carbocycles. The maximum absolute atomic E-state index is 12.4. The lowest BCUT2D eigenvalue weighted by molar-refractivity contribution is -0.255. The number of carbonyl (C=O) groups excluding carboxylic acids is 1. The quantitative estimate of drug-likeness (QED) is 0.325. The summed E-state index contributed by atoms with van der Waals surface area (Å²) in [5, 5.41) is 16.7. The number of ether oxygens (including phenoxy) is 3. The van der Waals surface area contributed by atoms with E-state index in [2.05, 4.69) is 5.32 Å². The molecule has 1 N–H and O–H groups in total. The molecule has 1 aromatic heterocycles. The second kappa shape index (κ2) is 11.2. The lowest BCUT2D eigenvalue weighted by atomic mass is 10.1. The normalized spacial score (nSPS) is 11.0. The lowest BCUT2D eigenvalue weighted by Crippen LogP contribution is -2.28. The molecule has 0 aliphatic heterocycles. The van der Waals surface area contributed by atoms with Crippen LogP contribution in [-0.2, 0) is 19.5 Å². The minimum Gasteiger partial charge on any atom is -0.543 e. The van der Waals surface area contributed by atoms with Crippen LogP contribution in [0.5, 0.6) is 17.2 Å². The van der Waals surface area contributed by atoms with Crippen molar-refractivity contribution >= 4 is 16.9 Å². The third kappa shape index (κ3) is 5.31. The second-order valence-electron chi connectivity index (χ2n) is 8.67. The van der Waals surface area contributed by atoms with E-state index >= 15 is 0 Å². The van der Waals surface area contributed by atoms with E-state index in [9.17, 15) is 9.90 Å². The van der Waals surface area contributed by atoms with Gasteiger partial charge in [0.1, 0.15) is 17.2 Å². The van der Waals surface area contributed by atoms with Gasteiger partial charge in [0.2, 0.25) is 0 Å². The first-order valence-corrected chi connectivity index (χ1v) is 11.8. The van der Waals surface area contributed by atoms with Crippen LogP contribution in [0, 0.1) is 6.92 Å². The summed E-state index contributed by atoms with van der Waals surface area (Å²) < 4.78 is 17.9. The smallest absolute Gasteiger partial charge is 0.122 e. The van der Waals surface area contributed by atoms with Crippen LogP contribution in [0.2, 0.25) is 0 Å². The van der Waals surface area contributed by atoms with Crippen molar-refractivity contribution in [1.29, 1.82) is 0 Å². The molecule has 188 valence electrons. The van der Waals surface area contributed by atoms with Crippen molar-refractivity contribution in [3.8, 4) is 17.2 Å². The topological polar surface area (TPSA) is 84.8 Å². The van der Waals surface area contributed by atoms with E-state index in [0.717, 1.165) is 50.4 Å². The van der Waals surface area contributed by atoms with E-state index in [1.54, 1.807) is 21.3 Å². The standard InChI is InChI=1S/C29H32N2O5/c1-19-5-11-24-25(17-30-14-13-21-16-23(35-3)10-12-27(21)36-4)28(29(32)33)31(26(24)15-19)18-20-6-8-22(34-2)9-7-20/h5-12,15-16,30H,13-14,17-18H2,1-4H3,(H,32,33)/p-1. The number of hydrogen-bond acceptors (Lipinski definition) is 6. The first kappa shape index (κ1) is 25.1. The number of aromatic carboxylic acids is 1. The molecule has 1 heterocycles. The zero-order chi connectivity index (χ0) is 25.7. The Bertz CT molecular complexity index is 1360. The van der Waals surface area contributed by atoms with Gasteiger partial charge in [0, 0.05) is 29.6 Å². The predicted molar refractivity (Wildman–Crippen MR) is 138 cm³/mol. The molecule has 7 nitrogen and oxygen atoms in total. The second-order valence-corrected chi connectivity index (χ2v) is 8.67. The molecular weight excluding hydrogens is 456 g/mol. The number of carboxylic acid groups (broad SMARTS) is 1. The highest BCUT2D eigenvalue weighted by Gasteiger charge is 2.18. The van der Waals surface area contributed by atoms with Gasteiger partial charge >= 0.3 is 0 Å². The van der Waals surface area contributed by atoms with Gasteiger partial charge in [-0.25, -0.2) is 0 Å². The van der Waals surface area contributed by atoms with Crippen LogP contribution >= 0.6 is 0 Å². The largest absolute Gasteiger partial charge is 0.543 e. The number of nitrogens with zero attached hydrogens (tertiary/aromatic N) is 1. The lowest BCUT2D eigenvalue weighted by Gasteiger charge is -2.14. The molecule has 0 bridgehead atoms. The Labute approximate surface area is 211 Å². The molecule has 0 atom stereocenters. The molecule has 36 heavy (non-hydrogen) atoms. The molecule has 0 spiro atoms. The Morgan fingerprint density at radius 3 is 2.31 bits per heavy atom. The number of rotatable bonds is 11. The summed E-state index contributed by atoms with van der Waals surface area (Å²) in [4.78, 5) is 12.4. The molecule has 0 fully saturated rings. The first-order valence-electron chi connectivity index (χ1n) is 11.8. The Kier molecular flexibility index (Phi) is 7.80. The minimum atomic E-state index is -1.19. The number of carbonyl (C=O) groups is 1. The zero-order valence-electron chi connectivity index (χ0n) is 21.1. The first-order chi connectivity index (χ1) is 17.4. The Morgan fingerprint density at radius 1 is 0.917 bits per heavy atom. The molecule has 0 unspecified atom stereocenters. The zero-order valence-corrected chi connectivity index (χ0v) is 21.1. The van der Waals surface area contributed by atoms with Gasteiger partial charge in [0.15, 0.2) is 0 Å². The fraction of sp³-hybridized carbons (Fsp3) is 0.276. The number of benzene rings is 3. The monoisotopic (exact) mass is 487 g/mol. The van der Waals surface area contributed by atoms with E-state index < -0.39 is 5.97 Å². The summed E-state index contributed by atoms with van der Waals surface area (Å²) >= 11 is 0. The van der Waals surface area contributed by atoms with Crippen molar-refractivity contribution in [2.24, 2.45) is 0 Å². The van der Waals surface area contributed by atoms with Crippen molar-refractivity contribution < 1.29 is 24.1 Å². The number of carboxylic acids is 1. The van der Waals surface area contributed by atoms with Crippen molar-refractivity contribution in [2.45, 2.75) is 26.4 Å². The molecule has 0 amide bonds.